The van der Waals surface area contributed by atoms with Gasteiger partial charge in [0.15, 0.2) is 0 Å². The number of carbonyl (C=O) groups is 1. The first-order chi connectivity index (χ1) is 10.0. The van der Waals surface area contributed by atoms with Gasteiger partial charge in [-0.2, -0.15) is 4.98 Å². The molecule has 10 heteroatoms. The summed E-state index contributed by atoms with van der Waals surface area (Å²) in [4.78, 5) is 26.1. The third-order valence-corrected chi connectivity index (χ3v) is 3.07. The molecule has 0 aliphatic rings. The van der Waals surface area contributed by atoms with E-state index in [1.54, 1.807) is 6.92 Å². The Morgan fingerprint density at radius 3 is 3.00 bits per heavy atom. The topological polar surface area (TPSA) is 123 Å². The molecule has 0 fully saturated rings. The molecular weight excluding hydrogens is 346 g/mol. The molecule has 2 aromatic rings. The van der Waals surface area contributed by atoms with E-state index in [1.807, 2.05) is 0 Å². The number of rotatable bonds is 5. The Hall–Kier alpha value is -2.49. The summed E-state index contributed by atoms with van der Waals surface area (Å²) in [5, 5.41) is 19.4. The van der Waals surface area contributed by atoms with Gasteiger partial charge in [0.05, 0.1) is 17.1 Å². The van der Waals surface area contributed by atoms with Gasteiger partial charge in [0.2, 0.25) is 5.95 Å². The summed E-state index contributed by atoms with van der Waals surface area (Å²) in [6.45, 7) is 2.16. The Kier molecular flexibility index (Phi) is 4.48. The van der Waals surface area contributed by atoms with Crippen LogP contribution in [-0.2, 0) is 0 Å². The summed E-state index contributed by atoms with van der Waals surface area (Å²) in [5.74, 6) is -0.480. The number of nitrogens with one attached hydrogen (secondary N) is 2. The van der Waals surface area contributed by atoms with Crippen LogP contribution >= 0.6 is 15.9 Å². The molecule has 0 radical (unpaired) electrons. The molecule has 1 heterocycles. The number of nitro benzene ring substituents is 1. The van der Waals surface area contributed by atoms with E-state index in [9.17, 15) is 14.9 Å². The number of nitro groups is 1. The summed E-state index contributed by atoms with van der Waals surface area (Å²) in [5.41, 5.74) is -0.0746. The second kappa shape index (κ2) is 6.31. The van der Waals surface area contributed by atoms with E-state index in [4.69, 9.17) is 4.74 Å². The van der Waals surface area contributed by atoms with Gasteiger partial charge in [-0.05, 0) is 28.9 Å². The maximum absolute atomic E-state index is 12.1. The summed E-state index contributed by atoms with van der Waals surface area (Å²) < 4.78 is 5.47. The smallest absolute Gasteiger partial charge is 0.337 e. The Labute approximate surface area is 127 Å². The number of hydrogen-bond donors (Lipinski definition) is 2. The fraction of sp³-hybridized carbons (Fsp3) is 0.182. The first-order valence-corrected chi connectivity index (χ1v) is 6.61. The SMILES string of the molecule is CCOc1n[nH]c(NC(=O)c2cc([N+](=O)[O-])ccc2Br)n1. The third kappa shape index (κ3) is 3.54. The van der Waals surface area contributed by atoms with Crippen LogP contribution in [0.1, 0.15) is 17.3 Å². The minimum atomic E-state index is -0.579. The van der Waals surface area contributed by atoms with Crippen LogP contribution in [0.25, 0.3) is 0 Å². The van der Waals surface area contributed by atoms with Gasteiger partial charge in [0.1, 0.15) is 0 Å². The quantitative estimate of drug-likeness (QED) is 0.625. The third-order valence-electron chi connectivity index (χ3n) is 2.38. The zero-order valence-electron chi connectivity index (χ0n) is 10.8. The highest BCUT2D eigenvalue weighted by Gasteiger charge is 2.17. The minimum absolute atomic E-state index is 0.0851. The van der Waals surface area contributed by atoms with Crippen LogP contribution in [0.2, 0.25) is 0 Å². The summed E-state index contributed by atoms with van der Waals surface area (Å²) in [6, 6.07) is 3.99. The van der Waals surface area contributed by atoms with Crippen molar-refractivity contribution in [3.63, 3.8) is 0 Å². The normalized spacial score (nSPS) is 10.2. The highest BCUT2D eigenvalue weighted by molar-refractivity contribution is 9.10. The molecule has 2 N–H and O–H groups in total. The number of aromatic amines is 1. The molecule has 0 saturated carbocycles. The number of benzene rings is 1. The van der Waals surface area contributed by atoms with E-state index >= 15 is 0 Å². The number of aromatic nitrogens is 3. The number of non-ortho nitro benzene ring substituents is 1. The molecule has 0 atom stereocenters. The molecule has 1 aromatic carbocycles. The monoisotopic (exact) mass is 355 g/mol. The number of H-pyrrole nitrogens is 1. The maximum atomic E-state index is 12.1. The summed E-state index contributed by atoms with van der Waals surface area (Å²) in [7, 11) is 0. The van der Waals surface area contributed by atoms with E-state index < -0.39 is 10.8 Å². The van der Waals surface area contributed by atoms with Crippen molar-refractivity contribution in [2.75, 3.05) is 11.9 Å². The van der Waals surface area contributed by atoms with Gasteiger partial charge in [-0.15, -0.1) is 5.10 Å². The Balaban J connectivity index is 2.19. The number of hydrogen-bond acceptors (Lipinski definition) is 6. The zero-order valence-corrected chi connectivity index (χ0v) is 12.4. The van der Waals surface area contributed by atoms with Gasteiger partial charge in [0, 0.05) is 16.6 Å². The van der Waals surface area contributed by atoms with Crippen LogP contribution in [0.15, 0.2) is 22.7 Å². The fourth-order valence-corrected chi connectivity index (χ4v) is 1.90. The summed E-state index contributed by atoms with van der Waals surface area (Å²) >= 11 is 3.17. The Morgan fingerprint density at radius 2 is 2.33 bits per heavy atom. The number of amides is 1. The predicted molar refractivity (Wildman–Crippen MR) is 76.3 cm³/mol. The van der Waals surface area contributed by atoms with Gasteiger partial charge in [-0.3, -0.25) is 20.2 Å². The van der Waals surface area contributed by atoms with Crippen molar-refractivity contribution in [1.82, 2.24) is 15.2 Å². The standard InChI is InChI=1S/C11H10BrN5O4/c1-2-21-11-14-10(15-16-11)13-9(18)7-5-6(17(19)20)3-4-8(7)12/h3-5H,2H2,1H3,(H2,13,14,15,16,18). The van der Waals surface area contributed by atoms with Crippen LogP contribution in [0, 0.1) is 10.1 Å². The minimum Gasteiger partial charge on any atom is -0.463 e. The molecule has 0 aliphatic heterocycles. The zero-order chi connectivity index (χ0) is 15.4. The van der Waals surface area contributed by atoms with E-state index in [-0.39, 0.29) is 23.2 Å². The molecule has 0 saturated heterocycles. The van der Waals surface area contributed by atoms with Gasteiger partial charge in [0.25, 0.3) is 11.6 Å². The average molecular weight is 356 g/mol. The van der Waals surface area contributed by atoms with Crippen LogP contribution in [0.3, 0.4) is 0 Å². The molecule has 110 valence electrons. The van der Waals surface area contributed by atoms with Crippen LogP contribution in [0.5, 0.6) is 6.01 Å². The van der Waals surface area contributed by atoms with Crippen molar-refractivity contribution in [2.45, 2.75) is 6.92 Å². The molecule has 2 rings (SSSR count). The van der Waals surface area contributed by atoms with E-state index in [0.29, 0.717) is 11.1 Å². The number of halogens is 1. The second-order valence-electron chi connectivity index (χ2n) is 3.77. The fourth-order valence-electron chi connectivity index (χ4n) is 1.47. The van der Waals surface area contributed by atoms with Crippen molar-refractivity contribution >= 4 is 33.5 Å². The number of nitrogens with zero attached hydrogens (tertiary/aromatic N) is 3. The highest BCUT2D eigenvalue weighted by atomic mass is 79.9. The van der Waals surface area contributed by atoms with Gasteiger partial charge in [-0.1, -0.05) is 0 Å². The predicted octanol–water partition coefficient (Wildman–Crippen LogP) is 2.13. The van der Waals surface area contributed by atoms with Crippen molar-refractivity contribution < 1.29 is 14.5 Å². The summed E-state index contributed by atoms with van der Waals surface area (Å²) in [6.07, 6.45) is 0. The first-order valence-electron chi connectivity index (χ1n) is 5.81. The lowest BCUT2D eigenvalue weighted by atomic mass is 10.2. The molecule has 0 bridgehead atoms. The molecule has 21 heavy (non-hydrogen) atoms. The lowest BCUT2D eigenvalue weighted by Crippen LogP contribution is -2.14. The molecular formula is C11H10BrN5O4. The van der Waals surface area contributed by atoms with Gasteiger partial charge < -0.3 is 4.74 Å². The van der Waals surface area contributed by atoms with Crippen molar-refractivity contribution in [2.24, 2.45) is 0 Å². The second-order valence-corrected chi connectivity index (χ2v) is 4.63. The lowest BCUT2D eigenvalue weighted by Gasteiger charge is -2.03. The Bertz CT molecular complexity index is 687. The van der Waals surface area contributed by atoms with Crippen LogP contribution in [0.4, 0.5) is 11.6 Å². The van der Waals surface area contributed by atoms with E-state index in [1.165, 1.54) is 18.2 Å². The number of anilines is 1. The molecule has 0 spiro atoms. The molecule has 1 amide bonds. The van der Waals surface area contributed by atoms with Crippen LogP contribution < -0.4 is 10.1 Å². The maximum Gasteiger partial charge on any atom is 0.337 e. The molecule has 9 nitrogen and oxygen atoms in total. The highest BCUT2D eigenvalue weighted by Crippen LogP contribution is 2.23. The van der Waals surface area contributed by atoms with Crippen molar-refractivity contribution in [3.05, 3.63) is 38.3 Å². The number of carbonyl (C=O) groups excluding carboxylic acids is 1. The molecule has 0 unspecified atom stereocenters. The van der Waals surface area contributed by atoms with Crippen molar-refractivity contribution in [3.8, 4) is 6.01 Å². The number of ether oxygens (including phenoxy) is 1. The first kappa shape index (κ1) is 14.9. The average Bonchev–Trinajstić information content (AvgIpc) is 2.86. The molecule has 1 aromatic heterocycles. The lowest BCUT2D eigenvalue weighted by molar-refractivity contribution is -0.384. The van der Waals surface area contributed by atoms with Crippen molar-refractivity contribution in [1.29, 1.82) is 0 Å². The van der Waals surface area contributed by atoms with E-state index in [0.717, 1.165) is 0 Å². The molecule has 0 aliphatic carbocycles. The van der Waals surface area contributed by atoms with Gasteiger partial charge in [-0.25, -0.2) is 5.10 Å². The van der Waals surface area contributed by atoms with Gasteiger partial charge >= 0.3 is 6.01 Å². The largest absolute Gasteiger partial charge is 0.463 e. The Morgan fingerprint density at radius 1 is 1.57 bits per heavy atom. The van der Waals surface area contributed by atoms with E-state index in [2.05, 4.69) is 36.4 Å². The van der Waals surface area contributed by atoms with Crippen LogP contribution in [-0.4, -0.2) is 32.6 Å².